The highest BCUT2D eigenvalue weighted by Gasteiger charge is 2.17. The molecule has 1 aromatic rings. The molecule has 0 unspecified atom stereocenters. The van der Waals surface area contributed by atoms with Gasteiger partial charge in [-0.2, -0.15) is 0 Å². The summed E-state index contributed by atoms with van der Waals surface area (Å²) in [4.78, 5) is 4.54. The third kappa shape index (κ3) is 5.53. The first-order valence-corrected chi connectivity index (χ1v) is 7.76. The van der Waals surface area contributed by atoms with E-state index in [1.54, 1.807) is 0 Å². The maximum atomic E-state index is 8.57. The number of hydrogen-bond acceptors (Lipinski definition) is 5. The van der Waals surface area contributed by atoms with Crippen LogP contribution in [0.1, 0.15) is 0 Å². The molecule has 0 atom stereocenters. The summed E-state index contributed by atoms with van der Waals surface area (Å²) in [5.74, 6) is 1.16. The lowest BCUT2D eigenvalue weighted by atomic mass is 10.3. The van der Waals surface area contributed by atoms with Gasteiger partial charge in [0.05, 0.1) is 6.54 Å². The molecule has 1 aliphatic heterocycles. The molecule has 7 heteroatoms. The van der Waals surface area contributed by atoms with Gasteiger partial charge in [0.2, 0.25) is 0 Å². The zero-order valence-corrected chi connectivity index (χ0v) is 13.5. The standard InChI is InChI=1S/C14H21BrN4O2/c15-12-1-3-13(4-2-12)21-10-9-18-5-7-19(8-6-18)11-14(16)17-20/h1-4,20H,5-11H2,(H2,16,17). The molecule has 3 N–H and O–H groups in total. The van der Waals surface area contributed by atoms with E-state index in [0.29, 0.717) is 13.2 Å². The highest BCUT2D eigenvalue weighted by Crippen LogP contribution is 2.16. The molecule has 1 aromatic carbocycles. The zero-order chi connectivity index (χ0) is 15.1. The number of hydrogen-bond donors (Lipinski definition) is 2. The van der Waals surface area contributed by atoms with Crippen molar-refractivity contribution >= 4 is 21.8 Å². The molecule has 21 heavy (non-hydrogen) atoms. The van der Waals surface area contributed by atoms with Crippen molar-refractivity contribution in [3.05, 3.63) is 28.7 Å². The molecule has 116 valence electrons. The smallest absolute Gasteiger partial charge is 0.153 e. The molecule has 1 fully saturated rings. The predicted molar refractivity (Wildman–Crippen MR) is 85.9 cm³/mol. The second-order valence-electron chi connectivity index (χ2n) is 5.01. The molecule has 1 saturated heterocycles. The number of ether oxygens (including phenoxy) is 1. The maximum absolute atomic E-state index is 8.57. The van der Waals surface area contributed by atoms with Crippen molar-refractivity contribution in [3.63, 3.8) is 0 Å². The third-order valence-electron chi connectivity index (χ3n) is 3.47. The molecule has 6 nitrogen and oxygen atoms in total. The van der Waals surface area contributed by atoms with Gasteiger partial charge in [0.1, 0.15) is 12.4 Å². The Morgan fingerprint density at radius 3 is 2.43 bits per heavy atom. The van der Waals surface area contributed by atoms with E-state index in [4.69, 9.17) is 15.7 Å². The lowest BCUT2D eigenvalue weighted by Gasteiger charge is -2.34. The van der Waals surface area contributed by atoms with E-state index >= 15 is 0 Å². The zero-order valence-electron chi connectivity index (χ0n) is 11.9. The fraction of sp³-hybridized carbons (Fsp3) is 0.500. The minimum Gasteiger partial charge on any atom is -0.492 e. The van der Waals surface area contributed by atoms with Crippen LogP contribution in [0.4, 0.5) is 0 Å². The Bertz CT molecular complexity index is 459. The van der Waals surface area contributed by atoms with Gasteiger partial charge < -0.3 is 15.7 Å². The van der Waals surface area contributed by atoms with Crippen LogP contribution in [0.3, 0.4) is 0 Å². The third-order valence-corrected chi connectivity index (χ3v) is 4.00. The van der Waals surface area contributed by atoms with E-state index in [1.807, 2.05) is 24.3 Å². The predicted octanol–water partition coefficient (Wildman–Crippen LogP) is 1.19. The SMILES string of the molecule is NC(CN1CCN(CCOc2ccc(Br)cc2)CC1)=NO. The van der Waals surface area contributed by atoms with Gasteiger partial charge in [-0.05, 0) is 24.3 Å². The van der Waals surface area contributed by atoms with Crippen molar-refractivity contribution in [2.24, 2.45) is 10.9 Å². The largest absolute Gasteiger partial charge is 0.492 e. The summed E-state index contributed by atoms with van der Waals surface area (Å²) in [6, 6.07) is 7.86. The minimum atomic E-state index is 0.266. The summed E-state index contributed by atoms with van der Waals surface area (Å²) >= 11 is 3.40. The average Bonchev–Trinajstić information content (AvgIpc) is 2.51. The van der Waals surface area contributed by atoms with Gasteiger partial charge in [-0.3, -0.25) is 9.80 Å². The van der Waals surface area contributed by atoms with E-state index in [-0.39, 0.29) is 5.84 Å². The van der Waals surface area contributed by atoms with E-state index in [9.17, 15) is 0 Å². The van der Waals surface area contributed by atoms with Gasteiger partial charge in [0.15, 0.2) is 5.84 Å². The molecule has 2 rings (SSSR count). The number of oxime groups is 1. The van der Waals surface area contributed by atoms with Crippen LogP contribution in [0.5, 0.6) is 5.75 Å². The number of nitrogens with zero attached hydrogens (tertiary/aromatic N) is 3. The quantitative estimate of drug-likeness (QED) is 0.346. The van der Waals surface area contributed by atoms with Crippen molar-refractivity contribution in [1.29, 1.82) is 0 Å². The number of rotatable bonds is 6. The van der Waals surface area contributed by atoms with Crippen molar-refractivity contribution in [2.75, 3.05) is 45.9 Å². The topological polar surface area (TPSA) is 74.3 Å². The Hall–Kier alpha value is -1.31. The molecule has 0 amide bonds. The van der Waals surface area contributed by atoms with Crippen LogP contribution >= 0.6 is 15.9 Å². The number of halogens is 1. The van der Waals surface area contributed by atoms with Crippen LogP contribution in [-0.2, 0) is 0 Å². The monoisotopic (exact) mass is 356 g/mol. The average molecular weight is 357 g/mol. The molecular weight excluding hydrogens is 336 g/mol. The highest BCUT2D eigenvalue weighted by molar-refractivity contribution is 9.10. The Morgan fingerprint density at radius 2 is 1.81 bits per heavy atom. The number of amidine groups is 1. The van der Waals surface area contributed by atoms with Crippen LogP contribution in [0.2, 0.25) is 0 Å². The van der Waals surface area contributed by atoms with Crippen LogP contribution in [0.15, 0.2) is 33.9 Å². The second kappa shape index (κ2) is 8.21. The summed E-state index contributed by atoms with van der Waals surface area (Å²) in [5, 5.41) is 11.6. The van der Waals surface area contributed by atoms with Crippen molar-refractivity contribution < 1.29 is 9.94 Å². The summed E-state index contributed by atoms with van der Waals surface area (Å²) in [7, 11) is 0. The molecule has 0 aromatic heterocycles. The van der Waals surface area contributed by atoms with Crippen LogP contribution in [0.25, 0.3) is 0 Å². The Labute approximate surface area is 133 Å². The van der Waals surface area contributed by atoms with Crippen LogP contribution < -0.4 is 10.5 Å². The number of nitrogens with two attached hydrogens (primary N) is 1. The summed E-state index contributed by atoms with van der Waals surface area (Å²) in [5.41, 5.74) is 5.52. The second-order valence-corrected chi connectivity index (χ2v) is 5.93. The molecule has 0 saturated carbocycles. The molecule has 0 aliphatic carbocycles. The number of benzene rings is 1. The molecule has 0 spiro atoms. The lowest BCUT2D eigenvalue weighted by molar-refractivity contribution is 0.126. The molecular formula is C14H21BrN4O2. The Morgan fingerprint density at radius 1 is 1.19 bits per heavy atom. The van der Waals surface area contributed by atoms with Crippen molar-refractivity contribution in [1.82, 2.24) is 9.80 Å². The highest BCUT2D eigenvalue weighted by atomic mass is 79.9. The van der Waals surface area contributed by atoms with Gasteiger partial charge in [-0.15, -0.1) is 0 Å². The van der Waals surface area contributed by atoms with Crippen molar-refractivity contribution in [3.8, 4) is 5.75 Å². The van der Waals surface area contributed by atoms with Gasteiger partial charge >= 0.3 is 0 Å². The summed E-state index contributed by atoms with van der Waals surface area (Å²) < 4.78 is 6.78. The van der Waals surface area contributed by atoms with Gasteiger partial charge in [-0.1, -0.05) is 21.1 Å². The summed E-state index contributed by atoms with van der Waals surface area (Å²) in [6.45, 7) is 5.92. The summed E-state index contributed by atoms with van der Waals surface area (Å²) in [6.07, 6.45) is 0. The molecule has 1 heterocycles. The van der Waals surface area contributed by atoms with E-state index in [2.05, 4.69) is 30.9 Å². The first-order chi connectivity index (χ1) is 10.2. The Balaban J connectivity index is 1.64. The Kier molecular flexibility index (Phi) is 6.28. The van der Waals surface area contributed by atoms with Gasteiger partial charge in [-0.25, -0.2) is 0 Å². The lowest BCUT2D eigenvalue weighted by Crippen LogP contribution is -2.49. The van der Waals surface area contributed by atoms with Gasteiger partial charge in [0.25, 0.3) is 0 Å². The normalized spacial score (nSPS) is 17.9. The fourth-order valence-corrected chi connectivity index (χ4v) is 2.52. The first-order valence-electron chi connectivity index (χ1n) is 6.97. The van der Waals surface area contributed by atoms with E-state index in [0.717, 1.165) is 42.9 Å². The maximum Gasteiger partial charge on any atom is 0.153 e. The fourth-order valence-electron chi connectivity index (χ4n) is 2.26. The van der Waals surface area contributed by atoms with E-state index < -0.39 is 0 Å². The van der Waals surface area contributed by atoms with Crippen LogP contribution in [0, 0.1) is 0 Å². The van der Waals surface area contributed by atoms with Gasteiger partial charge in [0, 0.05) is 37.2 Å². The van der Waals surface area contributed by atoms with E-state index in [1.165, 1.54) is 0 Å². The number of piperazine rings is 1. The molecule has 0 radical (unpaired) electrons. The minimum absolute atomic E-state index is 0.266. The van der Waals surface area contributed by atoms with Crippen molar-refractivity contribution in [2.45, 2.75) is 0 Å². The van der Waals surface area contributed by atoms with Crippen LogP contribution in [-0.4, -0.2) is 66.7 Å². The first kappa shape index (κ1) is 16.1. The molecule has 0 bridgehead atoms. The molecule has 1 aliphatic rings.